The smallest absolute Gasteiger partial charge is 0.342 e. The Balaban J connectivity index is 1.65. The van der Waals surface area contributed by atoms with Crippen LogP contribution in [-0.2, 0) is 17.8 Å². The molecule has 0 aliphatic carbocycles. The number of aromatic nitrogens is 2. The van der Waals surface area contributed by atoms with Crippen LogP contribution in [0.1, 0.15) is 35.4 Å². The predicted octanol–water partition coefficient (Wildman–Crippen LogP) is 1.36. The Morgan fingerprint density at radius 2 is 2.00 bits per heavy atom. The molecule has 24 heavy (non-hydrogen) atoms. The lowest BCUT2D eigenvalue weighted by atomic mass is 9.95. The molecule has 132 valence electrons. The van der Waals surface area contributed by atoms with Gasteiger partial charge in [-0.1, -0.05) is 0 Å². The molecule has 1 N–H and O–H groups in total. The molecule has 0 spiro atoms. The van der Waals surface area contributed by atoms with Gasteiger partial charge in [-0.3, -0.25) is 9.59 Å². The number of fused-ring (bicyclic) bond motifs is 1. The first-order valence-electron chi connectivity index (χ1n) is 8.03. The van der Waals surface area contributed by atoms with Gasteiger partial charge in [-0.25, -0.2) is 4.98 Å². The van der Waals surface area contributed by atoms with E-state index < -0.39 is 18.6 Å². The highest BCUT2D eigenvalue weighted by molar-refractivity contribution is 5.93. The normalized spacial score (nSPS) is 20.8. The molecule has 0 bridgehead atoms. The molecule has 6 nitrogen and oxygen atoms in total. The quantitative estimate of drug-likeness (QED) is 0.900. The van der Waals surface area contributed by atoms with Gasteiger partial charge in [-0.15, -0.1) is 0 Å². The maximum Gasteiger partial charge on any atom is 0.405 e. The number of carbonyl (C=O) groups excluding carboxylic acids is 2. The lowest BCUT2D eigenvalue weighted by Gasteiger charge is -2.27. The Kier molecular flexibility index (Phi) is 4.51. The van der Waals surface area contributed by atoms with Crippen molar-refractivity contribution >= 4 is 11.8 Å². The second-order valence-corrected chi connectivity index (χ2v) is 6.26. The number of hydrogen-bond donors (Lipinski definition) is 1. The number of likely N-dealkylation sites (tertiary alicyclic amines) is 1. The van der Waals surface area contributed by atoms with E-state index in [2.05, 4.69) is 4.98 Å². The number of rotatable bonds is 3. The lowest BCUT2D eigenvalue weighted by molar-refractivity contribution is -0.135. The molecular formula is C15H19F3N4O2. The molecule has 2 aliphatic rings. The fourth-order valence-corrected chi connectivity index (χ4v) is 3.32. The number of nitrogens with one attached hydrogen (secondary N) is 1. The first kappa shape index (κ1) is 16.8. The van der Waals surface area contributed by atoms with Gasteiger partial charge in [0.25, 0.3) is 5.91 Å². The van der Waals surface area contributed by atoms with E-state index in [4.69, 9.17) is 0 Å². The number of imidazole rings is 1. The molecule has 0 radical (unpaired) electrons. The van der Waals surface area contributed by atoms with Gasteiger partial charge in [0.2, 0.25) is 5.91 Å². The highest BCUT2D eigenvalue weighted by Crippen LogP contribution is 2.25. The predicted molar refractivity (Wildman–Crippen MR) is 78.2 cm³/mol. The van der Waals surface area contributed by atoms with E-state index in [-0.39, 0.29) is 17.5 Å². The molecular weight excluding hydrogens is 325 g/mol. The number of alkyl halides is 3. The summed E-state index contributed by atoms with van der Waals surface area (Å²) < 4.78 is 38.3. The maximum absolute atomic E-state index is 12.5. The molecule has 1 unspecified atom stereocenters. The number of amides is 2. The van der Waals surface area contributed by atoms with Gasteiger partial charge in [0.1, 0.15) is 12.2 Å². The van der Waals surface area contributed by atoms with Crippen LogP contribution >= 0.6 is 0 Å². The summed E-state index contributed by atoms with van der Waals surface area (Å²) in [6.07, 6.45) is 0.0696. The van der Waals surface area contributed by atoms with Crippen molar-refractivity contribution in [3.63, 3.8) is 0 Å². The Labute approximate surface area is 137 Å². The third kappa shape index (κ3) is 3.54. The second-order valence-electron chi connectivity index (χ2n) is 6.26. The molecule has 1 aromatic heterocycles. The van der Waals surface area contributed by atoms with Crippen molar-refractivity contribution in [2.45, 2.75) is 38.4 Å². The van der Waals surface area contributed by atoms with Crippen molar-refractivity contribution in [1.82, 2.24) is 19.8 Å². The van der Waals surface area contributed by atoms with E-state index >= 15 is 0 Å². The summed E-state index contributed by atoms with van der Waals surface area (Å²) in [6, 6.07) is 0. The van der Waals surface area contributed by atoms with E-state index in [1.54, 1.807) is 4.57 Å². The third-order valence-corrected chi connectivity index (χ3v) is 4.52. The van der Waals surface area contributed by atoms with Crippen LogP contribution in [0.3, 0.4) is 0 Å². The van der Waals surface area contributed by atoms with Crippen molar-refractivity contribution in [1.29, 1.82) is 0 Å². The van der Waals surface area contributed by atoms with Crippen LogP contribution < -0.4 is 5.32 Å². The van der Waals surface area contributed by atoms with Crippen molar-refractivity contribution in [2.75, 3.05) is 19.6 Å². The maximum atomic E-state index is 12.5. The van der Waals surface area contributed by atoms with Gasteiger partial charge >= 0.3 is 6.18 Å². The van der Waals surface area contributed by atoms with E-state index in [0.29, 0.717) is 25.1 Å². The topological polar surface area (TPSA) is 67.2 Å². The molecule has 9 heteroatoms. The minimum atomic E-state index is -4.46. The van der Waals surface area contributed by atoms with Gasteiger partial charge in [0.05, 0.1) is 17.9 Å². The van der Waals surface area contributed by atoms with Crippen molar-refractivity contribution < 1.29 is 22.8 Å². The first-order chi connectivity index (χ1) is 11.3. The van der Waals surface area contributed by atoms with Gasteiger partial charge in [-0.2, -0.15) is 13.2 Å². The van der Waals surface area contributed by atoms with Crippen LogP contribution in [0.15, 0.2) is 6.33 Å². The molecule has 2 amide bonds. The second kappa shape index (κ2) is 6.45. The number of nitrogens with zero attached hydrogens (tertiary/aromatic N) is 3. The summed E-state index contributed by atoms with van der Waals surface area (Å²) >= 11 is 0. The average molecular weight is 344 g/mol. The zero-order valence-electron chi connectivity index (χ0n) is 13.1. The van der Waals surface area contributed by atoms with Crippen LogP contribution in [0.5, 0.6) is 0 Å². The van der Waals surface area contributed by atoms with Gasteiger partial charge < -0.3 is 14.8 Å². The summed E-state index contributed by atoms with van der Waals surface area (Å²) in [5.41, 5.74) is 0.617. The molecule has 0 aromatic carbocycles. The average Bonchev–Trinajstić information content (AvgIpc) is 3.20. The Hall–Kier alpha value is -2.06. The fourth-order valence-electron chi connectivity index (χ4n) is 3.32. The van der Waals surface area contributed by atoms with Crippen LogP contribution in [0.4, 0.5) is 13.2 Å². The molecule has 2 aliphatic heterocycles. The van der Waals surface area contributed by atoms with Gasteiger partial charge in [-0.05, 0) is 25.7 Å². The molecule has 1 fully saturated rings. The molecule has 0 saturated carbocycles. The summed E-state index contributed by atoms with van der Waals surface area (Å²) in [5, 5.41) is 1.84. The van der Waals surface area contributed by atoms with E-state index in [1.165, 1.54) is 6.33 Å². The molecule has 1 aromatic rings. The van der Waals surface area contributed by atoms with Crippen molar-refractivity contribution in [3.05, 3.63) is 17.7 Å². The molecule has 1 atom stereocenters. The van der Waals surface area contributed by atoms with Gasteiger partial charge in [0.15, 0.2) is 0 Å². The minimum absolute atomic E-state index is 0.0197. The lowest BCUT2D eigenvalue weighted by Crippen LogP contribution is -2.38. The fraction of sp³-hybridized carbons (Fsp3) is 0.667. The molecule has 3 rings (SSSR count). The zero-order valence-corrected chi connectivity index (χ0v) is 13.1. The highest BCUT2D eigenvalue weighted by atomic mass is 19.4. The largest absolute Gasteiger partial charge is 0.405 e. The van der Waals surface area contributed by atoms with E-state index in [1.807, 2.05) is 10.2 Å². The minimum Gasteiger partial charge on any atom is -0.342 e. The first-order valence-corrected chi connectivity index (χ1v) is 8.03. The SMILES string of the molecule is O=C(NCC(F)(F)F)c1ncn2c1CCC(C(=O)N1CCCC1)C2. The zero-order chi connectivity index (χ0) is 17.3. The summed E-state index contributed by atoms with van der Waals surface area (Å²) in [5.74, 6) is -0.865. The summed E-state index contributed by atoms with van der Waals surface area (Å²) in [6.45, 7) is 0.618. The van der Waals surface area contributed by atoms with Gasteiger partial charge in [0, 0.05) is 19.6 Å². The van der Waals surface area contributed by atoms with Crippen LogP contribution in [0.25, 0.3) is 0 Å². The van der Waals surface area contributed by atoms with E-state index in [9.17, 15) is 22.8 Å². The Bertz CT molecular complexity index is 635. The molecule has 3 heterocycles. The highest BCUT2D eigenvalue weighted by Gasteiger charge is 2.33. The van der Waals surface area contributed by atoms with Crippen LogP contribution in [0, 0.1) is 5.92 Å². The van der Waals surface area contributed by atoms with Crippen molar-refractivity contribution in [2.24, 2.45) is 5.92 Å². The number of hydrogen-bond acceptors (Lipinski definition) is 3. The third-order valence-electron chi connectivity index (χ3n) is 4.52. The summed E-state index contributed by atoms with van der Waals surface area (Å²) in [4.78, 5) is 30.2. The van der Waals surface area contributed by atoms with Crippen LogP contribution in [-0.4, -0.2) is 52.1 Å². The van der Waals surface area contributed by atoms with Crippen LogP contribution in [0.2, 0.25) is 0 Å². The number of halogens is 3. The van der Waals surface area contributed by atoms with E-state index in [0.717, 1.165) is 25.9 Å². The standard InChI is InChI=1S/C15H19F3N4O2/c16-15(17,18)8-19-13(23)12-11-4-3-10(7-22(11)9-20-12)14(24)21-5-1-2-6-21/h9-10H,1-8H2,(H,19,23). The Morgan fingerprint density at radius 1 is 1.29 bits per heavy atom. The summed E-state index contributed by atoms with van der Waals surface area (Å²) in [7, 11) is 0. The Morgan fingerprint density at radius 3 is 2.67 bits per heavy atom. The number of carbonyl (C=O) groups is 2. The monoisotopic (exact) mass is 344 g/mol. The molecule has 1 saturated heterocycles. The van der Waals surface area contributed by atoms with Crippen molar-refractivity contribution in [3.8, 4) is 0 Å².